The lowest BCUT2D eigenvalue weighted by atomic mass is 9.79. The number of carbonyl (C=O) groups excluding carboxylic acids is 1. The Hall–Kier alpha value is -0.830. The standard InChI is InChI=1S/C15H23NOS/c1-15(2,3)13(17)12-11(9-18-14(12)16)10-7-5-4-6-8-10/h9-10H,4-8,16H2,1-3H3. The van der Waals surface area contributed by atoms with E-state index in [1.54, 1.807) is 0 Å². The van der Waals surface area contributed by atoms with Gasteiger partial charge in [-0.05, 0) is 29.7 Å². The summed E-state index contributed by atoms with van der Waals surface area (Å²) in [7, 11) is 0. The molecule has 0 unspecified atom stereocenters. The van der Waals surface area contributed by atoms with Gasteiger partial charge in [0, 0.05) is 5.41 Å². The van der Waals surface area contributed by atoms with E-state index in [0.717, 1.165) is 5.56 Å². The Balaban J connectivity index is 2.35. The molecule has 2 rings (SSSR count). The van der Waals surface area contributed by atoms with Crippen LogP contribution in [0.1, 0.15) is 74.7 Å². The second kappa shape index (κ2) is 5.04. The predicted octanol–water partition coefficient (Wildman–Crippen LogP) is 4.61. The maximum Gasteiger partial charge on any atom is 0.171 e. The van der Waals surface area contributed by atoms with Crippen LogP contribution in [0.3, 0.4) is 0 Å². The average molecular weight is 265 g/mol. The molecule has 1 aliphatic rings. The number of ketones is 1. The highest BCUT2D eigenvalue weighted by Gasteiger charge is 2.31. The van der Waals surface area contributed by atoms with Crippen LogP contribution in [0.25, 0.3) is 0 Å². The third-order valence-electron chi connectivity index (χ3n) is 3.80. The number of hydrogen-bond donors (Lipinski definition) is 1. The van der Waals surface area contributed by atoms with E-state index >= 15 is 0 Å². The number of thiophene rings is 1. The Morgan fingerprint density at radius 3 is 2.44 bits per heavy atom. The van der Waals surface area contributed by atoms with Crippen molar-refractivity contribution in [2.24, 2.45) is 5.41 Å². The van der Waals surface area contributed by atoms with Crippen molar-refractivity contribution in [3.05, 3.63) is 16.5 Å². The van der Waals surface area contributed by atoms with Gasteiger partial charge in [-0.1, -0.05) is 40.0 Å². The molecular formula is C15H23NOS. The van der Waals surface area contributed by atoms with Crippen LogP contribution in [0.4, 0.5) is 5.00 Å². The zero-order valence-electron chi connectivity index (χ0n) is 11.6. The number of Topliss-reactive ketones (excluding diaryl/α,β-unsaturated/α-hetero) is 1. The van der Waals surface area contributed by atoms with Crippen molar-refractivity contribution in [3.63, 3.8) is 0 Å². The molecule has 0 atom stereocenters. The number of nitrogen functional groups attached to an aromatic ring is 1. The van der Waals surface area contributed by atoms with Crippen molar-refractivity contribution in [1.29, 1.82) is 0 Å². The number of hydrogen-bond acceptors (Lipinski definition) is 3. The van der Waals surface area contributed by atoms with Crippen LogP contribution in [-0.4, -0.2) is 5.78 Å². The first-order valence-electron chi connectivity index (χ1n) is 6.83. The molecule has 1 saturated carbocycles. The van der Waals surface area contributed by atoms with Gasteiger partial charge in [0.25, 0.3) is 0 Å². The maximum absolute atomic E-state index is 12.5. The van der Waals surface area contributed by atoms with E-state index in [-0.39, 0.29) is 11.2 Å². The lowest BCUT2D eigenvalue weighted by Gasteiger charge is -2.24. The van der Waals surface area contributed by atoms with E-state index in [1.807, 2.05) is 20.8 Å². The minimum Gasteiger partial charge on any atom is -0.390 e. The summed E-state index contributed by atoms with van der Waals surface area (Å²) in [5, 5.41) is 2.82. The van der Waals surface area contributed by atoms with Gasteiger partial charge in [0.05, 0.1) is 10.6 Å². The molecule has 2 N–H and O–H groups in total. The van der Waals surface area contributed by atoms with E-state index in [4.69, 9.17) is 5.73 Å². The van der Waals surface area contributed by atoms with Gasteiger partial charge in [0.15, 0.2) is 5.78 Å². The van der Waals surface area contributed by atoms with Gasteiger partial charge in [-0.3, -0.25) is 4.79 Å². The molecule has 1 aromatic heterocycles. The highest BCUT2D eigenvalue weighted by Crippen LogP contribution is 2.41. The van der Waals surface area contributed by atoms with E-state index < -0.39 is 0 Å². The fraction of sp³-hybridized carbons (Fsp3) is 0.667. The van der Waals surface area contributed by atoms with Crippen molar-refractivity contribution in [2.75, 3.05) is 5.73 Å². The molecule has 0 bridgehead atoms. The Labute approximate surface area is 114 Å². The molecule has 3 heteroatoms. The fourth-order valence-corrected chi connectivity index (χ4v) is 3.61. The second-order valence-corrected chi connectivity index (χ2v) is 7.26. The zero-order valence-corrected chi connectivity index (χ0v) is 12.4. The smallest absolute Gasteiger partial charge is 0.171 e. The first-order chi connectivity index (χ1) is 8.41. The average Bonchev–Trinajstić information content (AvgIpc) is 2.70. The maximum atomic E-state index is 12.5. The Morgan fingerprint density at radius 2 is 1.89 bits per heavy atom. The lowest BCUT2D eigenvalue weighted by Crippen LogP contribution is -2.22. The molecule has 1 fully saturated rings. The fourth-order valence-electron chi connectivity index (χ4n) is 2.72. The largest absolute Gasteiger partial charge is 0.390 e. The molecule has 100 valence electrons. The molecule has 2 nitrogen and oxygen atoms in total. The molecule has 0 amide bonds. The highest BCUT2D eigenvalue weighted by molar-refractivity contribution is 7.14. The molecule has 1 aromatic rings. The molecular weight excluding hydrogens is 242 g/mol. The Bertz CT molecular complexity index is 436. The van der Waals surface area contributed by atoms with Crippen LogP contribution in [0, 0.1) is 5.41 Å². The quantitative estimate of drug-likeness (QED) is 0.794. The van der Waals surface area contributed by atoms with Crippen LogP contribution in [-0.2, 0) is 0 Å². The minimum atomic E-state index is -0.349. The predicted molar refractivity (Wildman–Crippen MR) is 78.3 cm³/mol. The molecule has 0 aliphatic heterocycles. The van der Waals surface area contributed by atoms with Crippen LogP contribution in [0.2, 0.25) is 0 Å². The zero-order chi connectivity index (χ0) is 13.3. The molecule has 0 saturated heterocycles. The van der Waals surface area contributed by atoms with Gasteiger partial charge in [-0.25, -0.2) is 0 Å². The van der Waals surface area contributed by atoms with Gasteiger partial charge in [0.1, 0.15) is 0 Å². The normalized spacial score (nSPS) is 17.9. The van der Waals surface area contributed by atoms with E-state index in [2.05, 4.69) is 5.38 Å². The van der Waals surface area contributed by atoms with Crippen molar-refractivity contribution < 1.29 is 4.79 Å². The van der Waals surface area contributed by atoms with Crippen molar-refractivity contribution in [3.8, 4) is 0 Å². The van der Waals surface area contributed by atoms with E-state index in [9.17, 15) is 4.79 Å². The Kier molecular flexibility index (Phi) is 3.81. The number of nitrogens with two attached hydrogens (primary N) is 1. The Morgan fingerprint density at radius 1 is 1.28 bits per heavy atom. The number of anilines is 1. The van der Waals surface area contributed by atoms with Gasteiger partial charge in [-0.2, -0.15) is 0 Å². The number of carbonyl (C=O) groups is 1. The highest BCUT2D eigenvalue weighted by atomic mass is 32.1. The van der Waals surface area contributed by atoms with Crippen molar-refractivity contribution >= 4 is 22.1 Å². The summed E-state index contributed by atoms with van der Waals surface area (Å²) in [5.74, 6) is 0.746. The molecule has 0 radical (unpaired) electrons. The minimum absolute atomic E-state index is 0.196. The van der Waals surface area contributed by atoms with Crippen molar-refractivity contribution in [2.45, 2.75) is 58.8 Å². The summed E-state index contributed by atoms with van der Waals surface area (Å²) in [4.78, 5) is 12.5. The lowest BCUT2D eigenvalue weighted by molar-refractivity contribution is 0.0858. The molecule has 0 aromatic carbocycles. The van der Waals surface area contributed by atoms with E-state index in [0.29, 0.717) is 10.9 Å². The first-order valence-corrected chi connectivity index (χ1v) is 7.71. The van der Waals surface area contributed by atoms with Crippen LogP contribution in [0.15, 0.2) is 5.38 Å². The van der Waals surface area contributed by atoms with Gasteiger partial charge < -0.3 is 5.73 Å². The monoisotopic (exact) mass is 265 g/mol. The summed E-state index contributed by atoms with van der Waals surface area (Å²) in [6, 6.07) is 0. The van der Waals surface area contributed by atoms with Gasteiger partial charge in [0.2, 0.25) is 0 Å². The molecule has 1 aliphatic carbocycles. The summed E-state index contributed by atoms with van der Waals surface area (Å²) in [6.07, 6.45) is 6.31. The van der Waals surface area contributed by atoms with Crippen LogP contribution >= 0.6 is 11.3 Å². The summed E-state index contributed by atoms with van der Waals surface area (Å²) >= 11 is 1.53. The molecule has 18 heavy (non-hydrogen) atoms. The summed E-state index contributed by atoms with van der Waals surface area (Å²) in [6.45, 7) is 5.91. The van der Waals surface area contributed by atoms with E-state index in [1.165, 1.54) is 49.0 Å². The second-order valence-electron chi connectivity index (χ2n) is 6.34. The summed E-state index contributed by atoms with van der Waals surface area (Å²) < 4.78 is 0. The topological polar surface area (TPSA) is 43.1 Å². The third-order valence-corrected chi connectivity index (χ3v) is 4.63. The summed E-state index contributed by atoms with van der Waals surface area (Å²) in [5.41, 5.74) is 7.73. The number of rotatable bonds is 2. The van der Waals surface area contributed by atoms with Crippen LogP contribution in [0.5, 0.6) is 0 Å². The van der Waals surface area contributed by atoms with Gasteiger partial charge in [-0.15, -0.1) is 11.3 Å². The van der Waals surface area contributed by atoms with Crippen LogP contribution < -0.4 is 5.73 Å². The molecule has 1 heterocycles. The van der Waals surface area contributed by atoms with Crippen molar-refractivity contribution in [1.82, 2.24) is 0 Å². The molecule has 0 spiro atoms. The first kappa shape index (κ1) is 13.6. The SMILES string of the molecule is CC(C)(C)C(=O)c1c(C2CCCCC2)csc1N. The van der Waals surface area contributed by atoms with Gasteiger partial charge >= 0.3 is 0 Å². The third kappa shape index (κ3) is 2.61.